The van der Waals surface area contributed by atoms with Gasteiger partial charge >= 0.3 is 6.09 Å². The Morgan fingerprint density at radius 1 is 1.26 bits per heavy atom. The van der Waals surface area contributed by atoms with Gasteiger partial charge in [0.15, 0.2) is 0 Å². The summed E-state index contributed by atoms with van der Waals surface area (Å²) in [4.78, 5) is 11.6. The van der Waals surface area contributed by atoms with Crippen molar-refractivity contribution in [3.63, 3.8) is 0 Å². The molecule has 0 saturated heterocycles. The fraction of sp³-hybridized carbons (Fsp3) is 0.588. The number of amides is 1. The van der Waals surface area contributed by atoms with Gasteiger partial charge in [-0.2, -0.15) is 0 Å². The standard InChI is InChI=1S/C17H27NO5/c1-17(2,3)23-16(22)18-11-14(20)15(21)13-9-5-4-7-12(13)8-6-10-19/h4-5,7,9,14-15,19-21H,6,8,10-11H2,1-3H3,(H,18,22). The zero-order chi connectivity index (χ0) is 17.5. The molecular weight excluding hydrogens is 298 g/mol. The van der Waals surface area contributed by atoms with E-state index in [0.717, 1.165) is 5.56 Å². The minimum absolute atomic E-state index is 0.0627. The van der Waals surface area contributed by atoms with Crippen molar-refractivity contribution in [2.45, 2.75) is 51.4 Å². The lowest BCUT2D eigenvalue weighted by atomic mass is 9.96. The van der Waals surface area contributed by atoms with E-state index in [1.54, 1.807) is 32.9 Å². The number of alkyl carbamates (subject to hydrolysis) is 1. The Bertz CT molecular complexity index is 498. The Hall–Kier alpha value is -1.63. The van der Waals surface area contributed by atoms with Crippen LogP contribution in [0.5, 0.6) is 0 Å². The average Bonchev–Trinajstić information content (AvgIpc) is 2.48. The summed E-state index contributed by atoms with van der Waals surface area (Å²) < 4.78 is 5.08. The van der Waals surface area contributed by atoms with E-state index in [1.165, 1.54) is 0 Å². The average molecular weight is 325 g/mol. The Balaban J connectivity index is 2.63. The van der Waals surface area contributed by atoms with Crippen LogP contribution in [0.3, 0.4) is 0 Å². The van der Waals surface area contributed by atoms with Crippen molar-refractivity contribution in [2.24, 2.45) is 0 Å². The van der Waals surface area contributed by atoms with E-state index in [0.29, 0.717) is 18.4 Å². The summed E-state index contributed by atoms with van der Waals surface area (Å²) in [6, 6.07) is 7.19. The number of aliphatic hydroxyl groups is 3. The van der Waals surface area contributed by atoms with Crippen molar-refractivity contribution in [3.05, 3.63) is 35.4 Å². The molecule has 0 saturated carbocycles. The fourth-order valence-corrected chi connectivity index (χ4v) is 2.14. The van der Waals surface area contributed by atoms with Gasteiger partial charge < -0.3 is 25.4 Å². The first kappa shape index (κ1) is 19.4. The van der Waals surface area contributed by atoms with Crippen molar-refractivity contribution in [3.8, 4) is 0 Å². The second-order valence-corrected chi connectivity index (χ2v) is 6.42. The highest BCUT2D eigenvalue weighted by Gasteiger charge is 2.23. The van der Waals surface area contributed by atoms with Crippen molar-refractivity contribution in [1.82, 2.24) is 5.32 Å². The molecule has 1 amide bonds. The maximum Gasteiger partial charge on any atom is 0.407 e. The number of carbonyl (C=O) groups excluding carboxylic acids is 1. The number of hydrogen-bond acceptors (Lipinski definition) is 5. The summed E-state index contributed by atoms with van der Waals surface area (Å²) in [7, 11) is 0. The Kier molecular flexibility index (Phi) is 7.48. The van der Waals surface area contributed by atoms with Gasteiger partial charge in [-0.3, -0.25) is 0 Å². The van der Waals surface area contributed by atoms with E-state index in [2.05, 4.69) is 5.32 Å². The van der Waals surface area contributed by atoms with Crippen LogP contribution in [-0.2, 0) is 11.2 Å². The van der Waals surface area contributed by atoms with Gasteiger partial charge in [-0.1, -0.05) is 24.3 Å². The van der Waals surface area contributed by atoms with Crippen LogP contribution >= 0.6 is 0 Å². The van der Waals surface area contributed by atoms with Gasteiger partial charge in [-0.05, 0) is 44.7 Å². The van der Waals surface area contributed by atoms with Crippen LogP contribution in [0.4, 0.5) is 4.79 Å². The van der Waals surface area contributed by atoms with E-state index >= 15 is 0 Å². The molecule has 0 spiro atoms. The molecule has 2 atom stereocenters. The molecule has 4 N–H and O–H groups in total. The molecule has 0 aliphatic rings. The zero-order valence-corrected chi connectivity index (χ0v) is 14.0. The zero-order valence-electron chi connectivity index (χ0n) is 14.0. The molecule has 1 aromatic rings. The van der Waals surface area contributed by atoms with Gasteiger partial charge in [-0.25, -0.2) is 4.79 Å². The molecule has 6 nitrogen and oxygen atoms in total. The van der Waals surface area contributed by atoms with E-state index < -0.39 is 23.9 Å². The van der Waals surface area contributed by atoms with Crippen molar-refractivity contribution < 1.29 is 24.9 Å². The van der Waals surface area contributed by atoms with Crippen LogP contribution in [0.25, 0.3) is 0 Å². The summed E-state index contributed by atoms with van der Waals surface area (Å²) in [5.74, 6) is 0. The van der Waals surface area contributed by atoms with E-state index in [9.17, 15) is 15.0 Å². The second-order valence-electron chi connectivity index (χ2n) is 6.42. The molecule has 0 aromatic heterocycles. The molecule has 130 valence electrons. The Labute approximate surface area is 137 Å². The normalized spacial score (nSPS) is 14.2. The highest BCUT2D eigenvalue weighted by atomic mass is 16.6. The molecule has 23 heavy (non-hydrogen) atoms. The van der Waals surface area contributed by atoms with Crippen LogP contribution in [0.15, 0.2) is 24.3 Å². The largest absolute Gasteiger partial charge is 0.444 e. The predicted molar refractivity (Wildman–Crippen MR) is 87.1 cm³/mol. The molecule has 0 aliphatic heterocycles. The number of nitrogens with one attached hydrogen (secondary N) is 1. The van der Waals surface area contributed by atoms with Crippen LogP contribution in [-0.4, -0.2) is 46.3 Å². The van der Waals surface area contributed by atoms with Gasteiger partial charge in [0, 0.05) is 13.2 Å². The van der Waals surface area contributed by atoms with Gasteiger partial charge in [0.05, 0.1) is 0 Å². The molecule has 0 heterocycles. The number of ether oxygens (including phenoxy) is 1. The lowest BCUT2D eigenvalue weighted by Crippen LogP contribution is -2.39. The molecule has 6 heteroatoms. The maximum absolute atomic E-state index is 11.6. The molecular formula is C17H27NO5. The fourth-order valence-electron chi connectivity index (χ4n) is 2.14. The summed E-state index contributed by atoms with van der Waals surface area (Å²) >= 11 is 0. The van der Waals surface area contributed by atoms with Gasteiger partial charge in [0.1, 0.15) is 17.8 Å². The number of hydrogen-bond donors (Lipinski definition) is 4. The predicted octanol–water partition coefficient (Wildman–Crippen LogP) is 1.53. The number of benzene rings is 1. The third-order valence-corrected chi connectivity index (χ3v) is 3.20. The van der Waals surface area contributed by atoms with Crippen LogP contribution < -0.4 is 5.32 Å². The quantitative estimate of drug-likeness (QED) is 0.609. The van der Waals surface area contributed by atoms with E-state index in [1.807, 2.05) is 12.1 Å². The Morgan fingerprint density at radius 3 is 2.52 bits per heavy atom. The topological polar surface area (TPSA) is 99.0 Å². The minimum atomic E-state index is -1.15. The molecule has 1 aromatic carbocycles. The number of carbonyl (C=O) groups is 1. The van der Waals surface area contributed by atoms with Crippen LogP contribution in [0, 0.1) is 0 Å². The first-order valence-electron chi connectivity index (χ1n) is 7.76. The van der Waals surface area contributed by atoms with Gasteiger partial charge in [0.25, 0.3) is 0 Å². The lowest BCUT2D eigenvalue weighted by molar-refractivity contribution is 0.0125. The number of aryl methyl sites for hydroxylation is 1. The maximum atomic E-state index is 11.6. The highest BCUT2D eigenvalue weighted by molar-refractivity contribution is 5.67. The minimum Gasteiger partial charge on any atom is -0.444 e. The summed E-state index contributed by atoms with van der Waals surface area (Å²) in [6.07, 6.45) is -1.73. The van der Waals surface area contributed by atoms with E-state index in [-0.39, 0.29) is 13.2 Å². The molecule has 1 rings (SSSR count). The highest BCUT2D eigenvalue weighted by Crippen LogP contribution is 2.22. The number of rotatable bonds is 7. The van der Waals surface area contributed by atoms with Crippen LogP contribution in [0.1, 0.15) is 44.4 Å². The first-order chi connectivity index (χ1) is 10.7. The molecule has 2 unspecified atom stereocenters. The van der Waals surface area contributed by atoms with Crippen molar-refractivity contribution in [1.29, 1.82) is 0 Å². The van der Waals surface area contributed by atoms with Gasteiger partial charge in [0.2, 0.25) is 0 Å². The SMILES string of the molecule is CC(C)(C)OC(=O)NCC(O)C(O)c1ccccc1CCCO. The molecule has 0 bridgehead atoms. The van der Waals surface area contributed by atoms with Crippen molar-refractivity contribution in [2.75, 3.05) is 13.2 Å². The smallest absolute Gasteiger partial charge is 0.407 e. The third kappa shape index (κ3) is 6.99. The molecule has 0 aliphatic carbocycles. The second kappa shape index (κ2) is 8.86. The Morgan fingerprint density at radius 2 is 1.91 bits per heavy atom. The van der Waals surface area contributed by atoms with Gasteiger partial charge in [-0.15, -0.1) is 0 Å². The van der Waals surface area contributed by atoms with E-state index in [4.69, 9.17) is 9.84 Å². The molecule has 0 fully saturated rings. The summed E-state index contributed by atoms with van der Waals surface area (Å²) in [6.45, 7) is 5.18. The lowest BCUT2D eigenvalue weighted by Gasteiger charge is -2.23. The summed E-state index contributed by atoms with van der Waals surface area (Å²) in [5.41, 5.74) is 0.842. The summed E-state index contributed by atoms with van der Waals surface area (Å²) in [5, 5.41) is 31.8. The monoisotopic (exact) mass is 325 g/mol. The first-order valence-corrected chi connectivity index (χ1v) is 7.76. The van der Waals surface area contributed by atoms with Crippen molar-refractivity contribution >= 4 is 6.09 Å². The van der Waals surface area contributed by atoms with Crippen LogP contribution in [0.2, 0.25) is 0 Å². The molecule has 0 radical (unpaired) electrons. The number of aliphatic hydroxyl groups excluding tert-OH is 3. The third-order valence-electron chi connectivity index (χ3n) is 3.20.